The van der Waals surface area contributed by atoms with E-state index in [1.54, 1.807) is 6.08 Å². The predicted molar refractivity (Wildman–Crippen MR) is 203 cm³/mol. The van der Waals surface area contributed by atoms with Crippen LogP contribution in [-0.4, -0.2) is 91.9 Å². The Labute approximate surface area is 305 Å². The number of hydrogen-bond acceptors (Lipinski definition) is 8. The van der Waals surface area contributed by atoms with E-state index in [4.69, 9.17) is 4.74 Å². The fourth-order valence-corrected chi connectivity index (χ4v) is 6.75. The van der Waals surface area contributed by atoms with Crippen molar-refractivity contribution in [1.29, 1.82) is 0 Å². The van der Waals surface area contributed by atoms with Gasteiger partial charge in [-0.05, 0) is 45.4 Å². The lowest BCUT2D eigenvalue weighted by atomic mass is 9.90. The van der Waals surface area contributed by atoms with Crippen molar-refractivity contribution in [2.24, 2.45) is 0 Å². The van der Waals surface area contributed by atoms with E-state index in [9.17, 15) is 35.4 Å². The SMILES string of the molecule is CCCCCCCCCCCCCC[C@@H](O)C(=O)N[C@@H](C[C@@H]1O[C@H](CO)[C@@H](O)[C@H](O)[C@H]1O)[C@H](O)/C=C/CC/C=C(\C)CCCCCCCCC. The second-order valence-corrected chi connectivity index (χ2v) is 14.8. The molecule has 1 aliphatic heterocycles. The third-order valence-electron chi connectivity index (χ3n) is 10.2. The van der Waals surface area contributed by atoms with E-state index in [-0.39, 0.29) is 6.42 Å². The Balaban J connectivity index is 2.60. The molecule has 0 aromatic heterocycles. The second-order valence-electron chi connectivity index (χ2n) is 14.8. The minimum atomic E-state index is -1.55. The van der Waals surface area contributed by atoms with Crippen molar-refractivity contribution in [3.8, 4) is 0 Å². The molecule has 1 aliphatic rings. The molecule has 0 saturated carbocycles. The van der Waals surface area contributed by atoms with Gasteiger partial charge in [-0.25, -0.2) is 0 Å². The number of nitrogens with one attached hydrogen (secondary N) is 1. The van der Waals surface area contributed by atoms with E-state index < -0.39 is 61.3 Å². The molecule has 9 nitrogen and oxygen atoms in total. The van der Waals surface area contributed by atoms with E-state index in [0.717, 1.165) is 38.5 Å². The summed E-state index contributed by atoms with van der Waals surface area (Å²) in [6, 6.07) is -0.939. The third-order valence-corrected chi connectivity index (χ3v) is 10.2. The van der Waals surface area contributed by atoms with E-state index in [1.807, 2.05) is 6.08 Å². The Morgan fingerprint density at radius 1 is 0.700 bits per heavy atom. The number of amides is 1. The average Bonchev–Trinajstić information content (AvgIpc) is 3.11. The van der Waals surface area contributed by atoms with Crippen molar-refractivity contribution in [1.82, 2.24) is 5.32 Å². The van der Waals surface area contributed by atoms with Crippen LogP contribution < -0.4 is 5.32 Å². The fraction of sp³-hybridized carbons (Fsp3) is 0.878. The van der Waals surface area contributed by atoms with Crippen molar-refractivity contribution in [2.75, 3.05) is 6.61 Å². The standard InChI is InChI=1S/C41H77NO8/c1-4-6-8-10-12-13-14-15-16-18-20-24-29-35(45)41(49)42-33(30-36-38(46)40(48)39(47)37(31-43)50-36)34(44)28-25-21-23-27-32(3)26-22-19-17-11-9-7-5-2/h25,27-28,33-40,43-48H,4-24,26,29-31H2,1-3H3,(H,42,49)/b28-25+,32-27+/t33-,34+,35+,36-,37+,38-,39+,40+/m0/s1. The molecule has 1 fully saturated rings. The maximum Gasteiger partial charge on any atom is 0.249 e. The Hall–Kier alpha value is -1.33. The highest BCUT2D eigenvalue weighted by atomic mass is 16.5. The summed E-state index contributed by atoms with van der Waals surface area (Å²) in [6.45, 7) is 6.06. The molecule has 0 bridgehead atoms. The normalized spacial score (nSPS) is 23.3. The van der Waals surface area contributed by atoms with Gasteiger partial charge >= 0.3 is 0 Å². The van der Waals surface area contributed by atoms with E-state index in [1.165, 1.54) is 102 Å². The van der Waals surface area contributed by atoms with Crippen LogP contribution in [0.15, 0.2) is 23.8 Å². The van der Waals surface area contributed by atoms with Crippen LogP contribution >= 0.6 is 0 Å². The molecule has 0 spiro atoms. The van der Waals surface area contributed by atoms with Gasteiger partial charge in [0.15, 0.2) is 0 Å². The van der Waals surface area contributed by atoms with Gasteiger partial charge in [0, 0.05) is 0 Å². The summed E-state index contributed by atoms with van der Waals surface area (Å²) in [7, 11) is 0. The van der Waals surface area contributed by atoms with Crippen LogP contribution in [0.2, 0.25) is 0 Å². The first kappa shape index (κ1) is 46.7. The van der Waals surface area contributed by atoms with Gasteiger partial charge < -0.3 is 40.7 Å². The molecule has 294 valence electrons. The maximum absolute atomic E-state index is 13.0. The lowest BCUT2D eigenvalue weighted by Crippen LogP contribution is -2.60. The van der Waals surface area contributed by atoms with Crippen LogP contribution in [-0.2, 0) is 9.53 Å². The van der Waals surface area contributed by atoms with Crippen LogP contribution in [0, 0.1) is 0 Å². The number of hydrogen-bond donors (Lipinski definition) is 7. The summed E-state index contributed by atoms with van der Waals surface area (Å²) < 4.78 is 5.67. The molecule has 0 aromatic carbocycles. The first-order chi connectivity index (χ1) is 24.2. The Bertz CT molecular complexity index is 881. The van der Waals surface area contributed by atoms with Gasteiger partial charge in [-0.1, -0.05) is 153 Å². The number of aliphatic hydroxyl groups is 6. The molecule has 0 aromatic rings. The van der Waals surface area contributed by atoms with Crippen LogP contribution in [0.4, 0.5) is 0 Å². The van der Waals surface area contributed by atoms with Crippen LogP contribution in [0.1, 0.15) is 175 Å². The number of ether oxygens (including phenoxy) is 1. The monoisotopic (exact) mass is 712 g/mol. The van der Waals surface area contributed by atoms with Crippen LogP contribution in [0.3, 0.4) is 0 Å². The highest BCUT2D eigenvalue weighted by molar-refractivity contribution is 5.80. The molecule has 9 heteroatoms. The van der Waals surface area contributed by atoms with Crippen molar-refractivity contribution in [2.45, 2.75) is 224 Å². The topological polar surface area (TPSA) is 160 Å². The number of allylic oxidation sites excluding steroid dienone is 3. The van der Waals surface area contributed by atoms with Gasteiger partial charge in [-0.2, -0.15) is 0 Å². The Kier molecular flexibility index (Phi) is 28.2. The first-order valence-corrected chi connectivity index (χ1v) is 20.4. The summed E-state index contributed by atoms with van der Waals surface area (Å²) in [4.78, 5) is 13.0. The molecular weight excluding hydrogens is 634 g/mol. The lowest BCUT2D eigenvalue weighted by molar-refractivity contribution is -0.232. The zero-order chi connectivity index (χ0) is 37.0. The molecule has 1 rings (SSSR count). The molecule has 1 heterocycles. The summed E-state index contributed by atoms with van der Waals surface area (Å²) in [5.41, 5.74) is 1.36. The molecule has 1 saturated heterocycles. The summed E-state index contributed by atoms with van der Waals surface area (Å²) in [5, 5.41) is 65.2. The number of carbonyl (C=O) groups excluding carboxylic acids is 1. The van der Waals surface area contributed by atoms with E-state index >= 15 is 0 Å². The van der Waals surface area contributed by atoms with Crippen molar-refractivity contribution < 1.29 is 40.2 Å². The number of carbonyl (C=O) groups is 1. The van der Waals surface area contributed by atoms with Gasteiger partial charge in [-0.15, -0.1) is 0 Å². The Morgan fingerprint density at radius 3 is 1.74 bits per heavy atom. The van der Waals surface area contributed by atoms with Gasteiger partial charge in [0.05, 0.1) is 24.9 Å². The van der Waals surface area contributed by atoms with Crippen LogP contribution in [0.25, 0.3) is 0 Å². The molecule has 50 heavy (non-hydrogen) atoms. The van der Waals surface area contributed by atoms with Crippen LogP contribution in [0.5, 0.6) is 0 Å². The maximum atomic E-state index is 13.0. The largest absolute Gasteiger partial charge is 0.394 e. The number of rotatable bonds is 31. The van der Waals surface area contributed by atoms with Gasteiger partial charge in [0.25, 0.3) is 0 Å². The molecular formula is C41H77NO8. The zero-order valence-electron chi connectivity index (χ0n) is 32.0. The quantitative estimate of drug-likeness (QED) is 0.0301. The minimum absolute atomic E-state index is 0.0958. The molecule has 0 aliphatic carbocycles. The highest BCUT2D eigenvalue weighted by Crippen LogP contribution is 2.25. The van der Waals surface area contributed by atoms with Gasteiger partial charge in [0.1, 0.15) is 30.5 Å². The average molecular weight is 712 g/mol. The summed E-state index contributed by atoms with van der Waals surface area (Å²) >= 11 is 0. The molecule has 8 atom stereocenters. The molecule has 7 N–H and O–H groups in total. The first-order valence-electron chi connectivity index (χ1n) is 20.4. The highest BCUT2D eigenvalue weighted by Gasteiger charge is 2.44. The third kappa shape index (κ3) is 21.3. The minimum Gasteiger partial charge on any atom is -0.394 e. The second kappa shape index (κ2) is 30.2. The lowest BCUT2D eigenvalue weighted by Gasteiger charge is -2.41. The molecule has 0 unspecified atom stereocenters. The van der Waals surface area contributed by atoms with Gasteiger partial charge in [0.2, 0.25) is 5.91 Å². The van der Waals surface area contributed by atoms with Crippen molar-refractivity contribution in [3.63, 3.8) is 0 Å². The molecule has 0 radical (unpaired) electrons. The number of aliphatic hydroxyl groups excluding tert-OH is 6. The van der Waals surface area contributed by atoms with E-state index in [2.05, 4.69) is 32.2 Å². The molecule has 1 amide bonds. The van der Waals surface area contributed by atoms with E-state index in [0.29, 0.717) is 12.8 Å². The van der Waals surface area contributed by atoms with Crippen molar-refractivity contribution in [3.05, 3.63) is 23.8 Å². The van der Waals surface area contributed by atoms with Gasteiger partial charge in [-0.3, -0.25) is 4.79 Å². The predicted octanol–water partition coefficient (Wildman–Crippen LogP) is 6.94. The fourth-order valence-electron chi connectivity index (χ4n) is 6.75. The van der Waals surface area contributed by atoms with Crippen molar-refractivity contribution >= 4 is 5.91 Å². The summed E-state index contributed by atoms with van der Waals surface area (Å²) in [5.74, 6) is -0.612. The smallest absolute Gasteiger partial charge is 0.249 e. The zero-order valence-corrected chi connectivity index (χ0v) is 32.0. The summed E-state index contributed by atoms with van der Waals surface area (Å²) in [6.07, 6.45) is 22.7. The Morgan fingerprint density at radius 2 is 1.20 bits per heavy atom. The number of unbranched alkanes of at least 4 members (excludes halogenated alkanes) is 18.